The molecule has 0 amide bonds. The van der Waals surface area contributed by atoms with Crippen molar-refractivity contribution in [2.45, 2.75) is 26.3 Å². The van der Waals surface area contributed by atoms with E-state index >= 15 is 0 Å². The molecule has 3 aromatic rings. The minimum atomic E-state index is -0.393. The van der Waals surface area contributed by atoms with E-state index in [9.17, 15) is 9.59 Å². The molecule has 0 spiro atoms. The van der Waals surface area contributed by atoms with Gasteiger partial charge in [-0.1, -0.05) is 36.2 Å². The standard InChI is InChI=1S/C20H23Cl2N5O2/c1-12-5-4-8-26(10-12)19-23-17-16(18(28)25(3)20(29)24(17)2)27(19)11-13-6-7-14(21)9-15(13)22/h6-7,9,12H,4-5,8,10-11H2,1-3H3. The highest BCUT2D eigenvalue weighted by atomic mass is 35.5. The molecule has 1 saturated heterocycles. The Labute approximate surface area is 178 Å². The van der Waals surface area contributed by atoms with E-state index in [1.165, 1.54) is 18.0 Å². The van der Waals surface area contributed by atoms with Gasteiger partial charge in [-0.15, -0.1) is 0 Å². The third-order valence-electron chi connectivity index (χ3n) is 5.61. The second-order valence-corrected chi connectivity index (χ2v) is 8.65. The van der Waals surface area contributed by atoms with Gasteiger partial charge in [0.2, 0.25) is 5.95 Å². The fraction of sp³-hybridized carbons (Fsp3) is 0.450. The lowest BCUT2D eigenvalue weighted by atomic mass is 10.0. The Morgan fingerprint density at radius 1 is 1.17 bits per heavy atom. The van der Waals surface area contributed by atoms with Crippen LogP contribution in [-0.4, -0.2) is 31.8 Å². The minimum absolute atomic E-state index is 0.361. The minimum Gasteiger partial charge on any atom is -0.342 e. The van der Waals surface area contributed by atoms with Gasteiger partial charge in [0.15, 0.2) is 11.2 Å². The highest BCUT2D eigenvalue weighted by molar-refractivity contribution is 6.35. The number of fused-ring (bicyclic) bond motifs is 1. The van der Waals surface area contributed by atoms with Gasteiger partial charge in [0.1, 0.15) is 0 Å². The molecule has 1 fully saturated rings. The van der Waals surface area contributed by atoms with Gasteiger partial charge >= 0.3 is 5.69 Å². The number of benzene rings is 1. The molecule has 0 radical (unpaired) electrons. The zero-order valence-electron chi connectivity index (χ0n) is 16.7. The number of halogens is 2. The van der Waals surface area contributed by atoms with Gasteiger partial charge in [0.25, 0.3) is 5.56 Å². The summed E-state index contributed by atoms with van der Waals surface area (Å²) in [4.78, 5) is 32.4. The van der Waals surface area contributed by atoms with E-state index in [0.717, 1.165) is 29.6 Å². The zero-order valence-corrected chi connectivity index (χ0v) is 18.2. The number of anilines is 1. The van der Waals surface area contributed by atoms with E-state index < -0.39 is 5.69 Å². The van der Waals surface area contributed by atoms with Crippen molar-refractivity contribution < 1.29 is 0 Å². The molecule has 1 aromatic carbocycles. The van der Waals surface area contributed by atoms with E-state index in [4.69, 9.17) is 28.2 Å². The van der Waals surface area contributed by atoms with E-state index in [1.54, 1.807) is 19.2 Å². The Hall–Kier alpha value is -2.25. The first-order valence-electron chi connectivity index (χ1n) is 9.63. The van der Waals surface area contributed by atoms with Crippen LogP contribution in [0, 0.1) is 5.92 Å². The smallest absolute Gasteiger partial charge is 0.332 e. The Morgan fingerprint density at radius 3 is 2.62 bits per heavy atom. The van der Waals surface area contributed by atoms with Crippen LogP contribution >= 0.6 is 23.2 Å². The molecule has 0 aliphatic carbocycles. The van der Waals surface area contributed by atoms with Gasteiger partial charge in [-0.05, 0) is 36.5 Å². The Kier molecular flexibility index (Phi) is 5.21. The summed E-state index contributed by atoms with van der Waals surface area (Å²) in [6.45, 7) is 4.28. The first kappa shape index (κ1) is 20.0. The van der Waals surface area contributed by atoms with Crippen LogP contribution in [0.1, 0.15) is 25.3 Å². The number of hydrogen-bond donors (Lipinski definition) is 0. The maximum Gasteiger partial charge on any atom is 0.332 e. The summed E-state index contributed by atoms with van der Waals surface area (Å²) in [7, 11) is 3.12. The van der Waals surface area contributed by atoms with Crippen molar-refractivity contribution in [1.82, 2.24) is 18.7 Å². The van der Waals surface area contributed by atoms with E-state index in [0.29, 0.717) is 39.6 Å². The second kappa shape index (κ2) is 7.54. The predicted molar refractivity (Wildman–Crippen MR) is 116 cm³/mol. The predicted octanol–water partition coefficient (Wildman–Crippen LogP) is 3.03. The average molecular weight is 436 g/mol. The molecule has 2 aromatic heterocycles. The van der Waals surface area contributed by atoms with Crippen LogP contribution in [-0.2, 0) is 20.6 Å². The van der Waals surface area contributed by atoms with Crippen molar-refractivity contribution in [3.05, 3.63) is 54.6 Å². The third kappa shape index (κ3) is 3.46. The van der Waals surface area contributed by atoms with Crippen LogP contribution in [0.3, 0.4) is 0 Å². The van der Waals surface area contributed by atoms with Crippen molar-refractivity contribution >= 4 is 40.3 Å². The summed E-state index contributed by atoms with van der Waals surface area (Å²) in [6.07, 6.45) is 2.23. The number of imidazole rings is 1. The molecule has 1 unspecified atom stereocenters. The maximum atomic E-state index is 13.0. The van der Waals surface area contributed by atoms with Gasteiger partial charge in [-0.25, -0.2) is 4.79 Å². The molecule has 29 heavy (non-hydrogen) atoms. The lowest BCUT2D eigenvalue weighted by Gasteiger charge is -2.32. The molecular formula is C20H23Cl2N5O2. The molecule has 0 N–H and O–H groups in total. The summed E-state index contributed by atoms with van der Waals surface area (Å²) >= 11 is 12.5. The van der Waals surface area contributed by atoms with E-state index in [-0.39, 0.29) is 5.56 Å². The molecule has 1 atom stereocenters. The Morgan fingerprint density at radius 2 is 1.93 bits per heavy atom. The number of hydrogen-bond acceptors (Lipinski definition) is 4. The van der Waals surface area contributed by atoms with Crippen LogP contribution in [0.25, 0.3) is 11.2 Å². The van der Waals surface area contributed by atoms with Crippen LogP contribution in [0.15, 0.2) is 27.8 Å². The van der Waals surface area contributed by atoms with Crippen LogP contribution in [0.4, 0.5) is 5.95 Å². The van der Waals surface area contributed by atoms with Crippen molar-refractivity contribution in [2.24, 2.45) is 20.0 Å². The Bertz CT molecular complexity index is 1210. The SMILES string of the molecule is CC1CCCN(c2nc3c(c(=O)n(C)c(=O)n3C)n2Cc2ccc(Cl)cc2Cl)C1. The van der Waals surface area contributed by atoms with Gasteiger partial charge in [0, 0.05) is 37.2 Å². The highest BCUT2D eigenvalue weighted by Crippen LogP contribution is 2.28. The fourth-order valence-corrected chi connectivity index (χ4v) is 4.49. The first-order chi connectivity index (χ1) is 13.8. The molecule has 3 heterocycles. The summed E-state index contributed by atoms with van der Waals surface area (Å²) in [5.74, 6) is 1.22. The summed E-state index contributed by atoms with van der Waals surface area (Å²) in [5, 5.41) is 1.08. The summed E-state index contributed by atoms with van der Waals surface area (Å²) < 4.78 is 4.42. The average Bonchev–Trinajstić information content (AvgIpc) is 3.06. The molecule has 1 aliphatic heterocycles. The molecule has 4 rings (SSSR count). The molecule has 0 bridgehead atoms. The van der Waals surface area contributed by atoms with Crippen LogP contribution in [0.2, 0.25) is 10.0 Å². The number of aryl methyl sites for hydroxylation is 1. The first-order valence-corrected chi connectivity index (χ1v) is 10.4. The quantitative estimate of drug-likeness (QED) is 0.633. The fourth-order valence-electron chi connectivity index (χ4n) is 4.02. The van der Waals surface area contributed by atoms with Crippen molar-refractivity contribution in [2.75, 3.05) is 18.0 Å². The molecular weight excluding hydrogens is 413 g/mol. The van der Waals surface area contributed by atoms with E-state index in [2.05, 4.69) is 11.8 Å². The molecule has 7 nitrogen and oxygen atoms in total. The molecule has 9 heteroatoms. The van der Waals surface area contributed by atoms with Gasteiger partial charge in [-0.3, -0.25) is 18.5 Å². The van der Waals surface area contributed by atoms with Crippen LogP contribution in [0.5, 0.6) is 0 Å². The van der Waals surface area contributed by atoms with Crippen LogP contribution < -0.4 is 16.1 Å². The second-order valence-electron chi connectivity index (χ2n) is 7.81. The monoisotopic (exact) mass is 435 g/mol. The summed E-state index contributed by atoms with van der Waals surface area (Å²) in [5.41, 5.74) is 0.857. The van der Waals surface area contributed by atoms with E-state index in [1.807, 2.05) is 10.6 Å². The van der Waals surface area contributed by atoms with Crippen molar-refractivity contribution in [1.29, 1.82) is 0 Å². The highest BCUT2D eigenvalue weighted by Gasteiger charge is 2.26. The summed E-state index contributed by atoms with van der Waals surface area (Å²) in [6, 6.07) is 5.32. The van der Waals surface area contributed by atoms with Gasteiger partial charge < -0.3 is 4.90 Å². The molecule has 0 saturated carbocycles. The lowest BCUT2D eigenvalue weighted by molar-refractivity contribution is 0.439. The normalized spacial score (nSPS) is 17.3. The Balaban J connectivity index is 1.97. The van der Waals surface area contributed by atoms with Gasteiger partial charge in [0.05, 0.1) is 6.54 Å². The van der Waals surface area contributed by atoms with Crippen molar-refractivity contribution in [3.63, 3.8) is 0 Å². The number of piperidine rings is 1. The van der Waals surface area contributed by atoms with Crippen molar-refractivity contribution in [3.8, 4) is 0 Å². The largest absolute Gasteiger partial charge is 0.342 e. The topological polar surface area (TPSA) is 65.1 Å². The zero-order chi connectivity index (χ0) is 20.9. The number of rotatable bonds is 3. The molecule has 154 valence electrons. The third-order valence-corrected chi connectivity index (χ3v) is 6.20. The number of aromatic nitrogens is 4. The number of nitrogens with zero attached hydrogens (tertiary/aromatic N) is 5. The van der Waals surface area contributed by atoms with Gasteiger partial charge in [-0.2, -0.15) is 4.98 Å². The maximum absolute atomic E-state index is 13.0. The lowest BCUT2D eigenvalue weighted by Crippen LogP contribution is -2.38. The molecule has 1 aliphatic rings.